The number of aliphatic hydroxyl groups is 1. The lowest BCUT2D eigenvalue weighted by molar-refractivity contribution is -0.245. The Kier molecular flexibility index (Phi) is 3.14. The van der Waals surface area contributed by atoms with E-state index in [1.54, 1.807) is 0 Å². The Balaban J connectivity index is 1.87. The predicted molar refractivity (Wildman–Crippen MR) is 69.3 cm³/mol. The molecule has 1 unspecified atom stereocenters. The van der Waals surface area contributed by atoms with Crippen LogP contribution in [0.4, 0.5) is 0 Å². The van der Waals surface area contributed by atoms with Crippen LogP contribution in [0.3, 0.4) is 0 Å². The molecule has 4 heteroatoms. The molecule has 3 rings (SSSR count). The fourth-order valence-corrected chi connectivity index (χ4v) is 2.99. The van der Waals surface area contributed by atoms with Gasteiger partial charge in [0.1, 0.15) is 6.10 Å². The maximum Gasteiger partial charge on any atom is 0.184 e. The van der Waals surface area contributed by atoms with E-state index in [9.17, 15) is 5.11 Å². The first-order valence-corrected chi connectivity index (χ1v) is 6.72. The molecule has 0 radical (unpaired) electrons. The number of rotatable bonds is 1. The number of benzene rings is 1. The van der Waals surface area contributed by atoms with Gasteiger partial charge in [0, 0.05) is 5.92 Å². The van der Waals surface area contributed by atoms with E-state index in [-0.39, 0.29) is 18.1 Å². The minimum atomic E-state index is -0.951. The molecule has 2 saturated heterocycles. The molecule has 2 fully saturated rings. The monoisotopic (exact) mass is 264 g/mol. The van der Waals surface area contributed by atoms with Crippen LogP contribution in [0.1, 0.15) is 32.4 Å². The van der Waals surface area contributed by atoms with Crippen molar-refractivity contribution in [2.75, 3.05) is 0 Å². The molecule has 4 nitrogen and oxygen atoms in total. The summed E-state index contributed by atoms with van der Waals surface area (Å²) in [7, 11) is 0. The molecule has 2 aliphatic rings. The van der Waals surface area contributed by atoms with Crippen molar-refractivity contribution in [3.8, 4) is 0 Å². The second-order valence-electron chi connectivity index (χ2n) is 5.78. The van der Waals surface area contributed by atoms with Crippen LogP contribution >= 0.6 is 0 Å². The zero-order valence-corrected chi connectivity index (χ0v) is 11.4. The predicted octanol–water partition coefficient (Wildman–Crippen LogP) is 2.23. The SMILES string of the molecule is C[C@@H]1[C@H]2OC(C)(C)O[C@H]2C(O)O[C@H]1c1ccccc1. The Bertz CT molecular complexity index is 445. The Hall–Kier alpha value is -0.940. The highest BCUT2D eigenvalue weighted by atomic mass is 16.8. The maximum absolute atomic E-state index is 10.1. The van der Waals surface area contributed by atoms with E-state index in [4.69, 9.17) is 14.2 Å². The van der Waals surface area contributed by atoms with Gasteiger partial charge in [-0.1, -0.05) is 37.3 Å². The summed E-state index contributed by atoms with van der Waals surface area (Å²) in [6.07, 6.45) is -1.68. The quantitative estimate of drug-likeness (QED) is 0.845. The summed E-state index contributed by atoms with van der Waals surface area (Å²) in [6.45, 7) is 5.80. The van der Waals surface area contributed by atoms with Crippen molar-refractivity contribution in [3.05, 3.63) is 35.9 Å². The van der Waals surface area contributed by atoms with Gasteiger partial charge in [-0.05, 0) is 19.4 Å². The van der Waals surface area contributed by atoms with E-state index in [0.717, 1.165) is 5.56 Å². The van der Waals surface area contributed by atoms with E-state index in [1.165, 1.54) is 0 Å². The van der Waals surface area contributed by atoms with Crippen molar-refractivity contribution in [2.45, 2.75) is 51.2 Å². The average molecular weight is 264 g/mol. The van der Waals surface area contributed by atoms with Crippen LogP contribution in [0.15, 0.2) is 30.3 Å². The van der Waals surface area contributed by atoms with Crippen molar-refractivity contribution in [3.63, 3.8) is 0 Å². The first kappa shape index (κ1) is 13.1. The molecule has 0 aromatic heterocycles. The van der Waals surface area contributed by atoms with Gasteiger partial charge in [-0.2, -0.15) is 0 Å². The number of hydrogen-bond donors (Lipinski definition) is 1. The molecule has 2 aliphatic heterocycles. The second kappa shape index (κ2) is 4.56. The summed E-state index contributed by atoms with van der Waals surface area (Å²) in [4.78, 5) is 0. The molecule has 104 valence electrons. The van der Waals surface area contributed by atoms with Crippen molar-refractivity contribution in [2.24, 2.45) is 5.92 Å². The van der Waals surface area contributed by atoms with Crippen LogP contribution in [0.2, 0.25) is 0 Å². The molecule has 0 bridgehead atoms. The van der Waals surface area contributed by atoms with E-state index < -0.39 is 18.2 Å². The van der Waals surface area contributed by atoms with E-state index in [1.807, 2.05) is 44.2 Å². The topological polar surface area (TPSA) is 47.9 Å². The Morgan fingerprint density at radius 2 is 1.68 bits per heavy atom. The molecule has 0 aliphatic carbocycles. The molecule has 1 N–H and O–H groups in total. The fraction of sp³-hybridized carbons (Fsp3) is 0.600. The Morgan fingerprint density at radius 1 is 1.05 bits per heavy atom. The van der Waals surface area contributed by atoms with Crippen LogP contribution in [0.25, 0.3) is 0 Å². The minimum Gasteiger partial charge on any atom is -0.366 e. The van der Waals surface area contributed by atoms with Gasteiger partial charge >= 0.3 is 0 Å². The van der Waals surface area contributed by atoms with Crippen LogP contribution in [-0.2, 0) is 14.2 Å². The summed E-state index contributed by atoms with van der Waals surface area (Å²) in [5, 5.41) is 10.1. The van der Waals surface area contributed by atoms with Crippen LogP contribution in [0, 0.1) is 5.92 Å². The normalized spacial score (nSPS) is 40.9. The van der Waals surface area contributed by atoms with Gasteiger partial charge in [0.15, 0.2) is 12.1 Å². The van der Waals surface area contributed by atoms with Gasteiger partial charge in [-0.25, -0.2) is 0 Å². The van der Waals surface area contributed by atoms with Crippen molar-refractivity contribution >= 4 is 0 Å². The van der Waals surface area contributed by atoms with E-state index >= 15 is 0 Å². The molecule has 0 saturated carbocycles. The fourth-order valence-electron chi connectivity index (χ4n) is 2.99. The lowest BCUT2D eigenvalue weighted by Gasteiger charge is -2.39. The average Bonchev–Trinajstić information content (AvgIpc) is 2.71. The summed E-state index contributed by atoms with van der Waals surface area (Å²) >= 11 is 0. The first-order valence-electron chi connectivity index (χ1n) is 6.72. The van der Waals surface area contributed by atoms with Crippen LogP contribution < -0.4 is 0 Å². The van der Waals surface area contributed by atoms with Gasteiger partial charge < -0.3 is 19.3 Å². The third-order valence-corrected chi connectivity index (χ3v) is 3.85. The third-order valence-electron chi connectivity index (χ3n) is 3.85. The lowest BCUT2D eigenvalue weighted by atomic mass is 9.87. The first-order chi connectivity index (χ1) is 8.98. The highest BCUT2D eigenvalue weighted by molar-refractivity contribution is 5.19. The van der Waals surface area contributed by atoms with Crippen molar-refractivity contribution in [1.82, 2.24) is 0 Å². The second-order valence-corrected chi connectivity index (χ2v) is 5.78. The number of hydrogen-bond acceptors (Lipinski definition) is 4. The molecule has 2 heterocycles. The zero-order valence-electron chi connectivity index (χ0n) is 11.4. The van der Waals surface area contributed by atoms with Gasteiger partial charge in [0.05, 0.1) is 12.2 Å². The van der Waals surface area contributed by atoms with Gasteiger partial charge in [0.2, 0.25) is 0 Å². The standard InChI is InChI=1S/C15H20O4/c1-9-11(10-7-5-4-6-8-10)17-14(16)13-12(9)18-15(2,3)19-13/h4-9,11-14,16H,1-3H3/t9-,11+,12+,13+,14?/m0/s1. The molecule has 1 aromatic rings. The smallest absolute Gasteiger partial charge is 0.184 e. The largest absolute Gasteiger partial charge is 0.366 e. The number of ether oxygens (including phenoxy) is 3. The van der Waals surface area contributed by atoms with Crippen molar-refractivity contribution < 1.29 is 19.3 Å². The number of fused-ring (bicyclic) bond motifs is 1. The molecule has 0 spiro atoms. The van der Waals surface area contributed by atoms with Gasteiger partial charge in [-0.3, -0.25) is 0 Å². The molecule has 0 amide bonds. The highest BCUT2D eigenvalue weighted by Crippen LogP contribution is 2.44. The Morgan fingerprint density at radius 3 is 2.37 bits per heavy atom. The molecular weight excluding hydrogens is 244 g/mol. The van der Waals surface area contributed by atoms with Crippen molar-refractivity contribution in [1.29, 1.82) is 0 Å². The molecular formula is C15H20O4. The minimum absolute atomic E-state index is 0.123. The lowest BCUT2D eigenvalue weighted by Crippen LogP contribution is -2.48. The van der Waals surface area contributed by atoms with Gasteiger partial charge in [0.25, 0.3) is 0 Å². The van der Waals surface area contributed by atoms with E-state index in [0.29, 0.717) is 0 Å². The zero-order chi connectivity index (χ0) is 13.6. The summed E-state index contributed by atoms with van der Waals surface area (Å²) in [5.41, 5.74) is 1.06. The third kappa shape index (κ3) is 2.30. The maximum atomic E-state index is 10.1. The van der Waals surface area contributed by atoms with Crippen LogP contribution in [-0.4, -0.2) is 29.4 Å². The summed E-state index contributed by atoms with van der Waals surface area (Å²) < 4.78 is 17.4. The Labute approximate surface area is 113 Å². The number of aliphatic hydroxyl groups excluding tert-OH is 1. The highest BCUT2D eigenvalue weighted by Gasteiger charge is 2.53. The van der Waals surface area contributed by atoms with Gasteiger partial charge in [-0.15, -0.1) is 0 Å². The molecule has 19 heavy (non-hydrogen) atoms. The van der Waals surface area contributed by atoms with E-state index in [2.05, 4.69) is 6.92 Å². The summed E-state index contributed by atoms with van der Waals surface area (Å²) in [6, 6.07) is 9.93. The van der Waals surface area contributed by atoms with Crippen LogP contribution in [0.5, 0.6) is 0 Å². The molecule has 5 atom stereocenters. The summed E-state index contributed by atoms with van der Waals surface area (Å²) in [5.74, 6) is -0.544. The molecule has 1 aromatic carbocycles.